The lowest BCUT2D eigenvalue weighted by atomic mass is 9.98. The highest BCUT2D eigenvalue weighted by Gasteiger charge is 2.23. The summed E-state index contributed by atoms with van der Waals surface area (Å²) in [5, 5.41) is 4.23. The molecule has 0 amide bonds. The average Bonchev–Trinajstić information content (AvgIpc) is 2.95. The molecule has 108 valence electrons. The van der Waals surface area contributed by atoms with E-state index in [1.54, 1.807) is 11.3 Å². The fraction of sp³-hybridized carbons (Fsp3) is 0.375. The number of hydrogen-bond acceptors (Lipinski definition) is 3. The van der Waals surface area contributed by atoms with E-state index in [0.29, 0.717) is 0 Å². The monoisotopic (exact) mass is 292 g/mol. The van der Waals surface area contributed by atoms with Crippen LogP contribution in [0.2, 0.25) is 0 Å². The smallest absolute Gasteiger partial charge is 0.123 e. The maximum absolute atomic E-state index is 13.0. The highest BCUT2D eigenvalue weighted by molar-refractivity contribution is 7.07. The molecule has 0 spiro atoms. The number of rotatable bonds is 6. The number of nitrogens with zero attached hydrogens (tertiary/aromatic N) is 1. The maximum atomic E-state index is 13.0. The lowest BCUT2D eigenvalue weighted by Crippen LogP contribution is -2.38. The Labute approximate surface area is 124 Å². The second kappa shape index (κ2) is 6.97. The van der Waals surface area contributed by atoms with Crippen molar-refractivity contribution in [3.05, 3.63) is 58.0 Å². The zero-order valence-corrected chi connectivity index (χ0v) is 12.7. The number of thiophene rings is 1. The Hall–Kier alpha value is -1.23. The lowest BCUT2D eigenvalue weighted by Gasteiger charge is -2.32. The van der Waals surface area contributed by atoms with Gasteiger partial charge in [-0.05, 0) is 53.6 Å². The maximum Gasteiger partial charge on any atom is 0.123 e. The number of nitrogens with two attached hydrogens (primary N) is 1. The molecule has 0 radical (unpaired) electrons. The van der Waals surface area contributed by atoms with E-state index in [2.05, 4.69) is 35.7 Å². The molecule has 1 heterocycles. The summed E-state index contributed by atoms with van der Waals surface area (Å²) in [5.74, 6) is -0.198. The molecule has 0 bridgehead atoms. The molecule has 0 fully saturated rings. The molecule has 0 saturated heterocycles. The van der Waals surface area contributed by atoms with Crippen molar-refractivity contribution >= 4 is 11.3 Å². The molecule has 2 atom stereocenters. The van der Waals surface area contributed by atoms with E-state index in [0.717, 1.165) is 18.5 Å². The molecular formula is C16H21FN2S. The van der Waals surface area contributed by atoms with Gasteiger partial charge in [0.1, 0.15) is 5.82 Å². The van der Waals surface area contributed by atoms with Gasteiger partial charge in [0.2, 0.25) is 0 Å². The molecule has 1 aromatic heterocycles. The van der Waals surface area contributed by atoms with Gasteiger partial charge in [0.05, 0.1) is 6.04 Å². The summed E-state index contributed by atoms with van der Waals surface area (Å²) in [6, 6.07) is 9.07. The zero-order chi connectivity index (χ0) is 14.5. The second-order valence-corrected chi connectivity index (χ2v) is 5.90. The first kappa shape index (κ1) is 15.2. The Morgan fingerprint density at radius 2 is 1.95 bits per heavy atom. The summed E-state index contributed by atoms with van der Waals surface area (Å²) in [5.41, 5.74) is 8.64. The van der Waals surface area contributed by atoms with Crippen molar-refractivity contribution in [1.82, 2.24) is 4.90 Å². The van der Waals surface area contributed by atoms with Crippen LogP contribution in [0.1, 0.15) is 30.5 Å². The molecule has 4 heteroatoms. The molecule has 1 aromatic carbocycles. The number of hydrogen-bond donors (Lipinski definition) is 1. The van der Waals surface area contributed by atoms with Crippen LogP contribution in [0.4, 0.5) is 4.39 Å². The van der Waals surface area contributed by atoms with Gasteiger partial charge in [0.15, 0.2) is 0 Å². The minimum absolute atomic E-state index is 0.0926. The fourth-order valence-corrected chi connectivity index (χ4v) is 3.16. The largest absolute Gasteiger partial charge is 0.326 e. The molecule has 0 aliphatic rings. The first-order chi connectivity index (χ1) is 9.61. The van der Waals surface area contributed by atoms with Gasteiger partial charge in [0, 0.05) is 12.6 Å². The summed E-state index contributed by atoms with van der Waals surface area (Å²) in [4.78, 5) is 2.24. The summed E-state index contributed by atoms with van der Waals surface area (Å²) in [6.45, 7) is 2.87. The van der Waals surface area contributed by atoms with E-state index in [1.165, 1.54) is 17.7 Å². The van der Waals surface area contributed by atoms with Crippen LogP contribution in [-0.2, 0) is 6.54 Å². The highest BCUT2D eigenvalue weighted by atomic mass is 32.1. The summed E-state index contributed by atoms with van der Waals surface area (Å²) in [7, 11) is 2.07. The van der Waals surface area contributed by atoms with Crippen LogP contribution >= 0.6 is 11.3 Å². The van der Waals surface area contributed by atoms with E-state index in [4.69, 9.17) is 5.73 Å². The van der Waals surface area contributed by atoms with Crippen molar-refractivity contribution in [2.45, 2.75) is 32.0 Å². The second-order valence-electron chi connectivity index (χ2n) is 5.12. The quantitative estimate of drug-likeness (QED) is 0.877. The minimum atomic E-state index is -0.198. The number of likely N-dealkylation sites (N-methyl/N-ethyl adjacent to an activating group) is 1. The number of benzene rings is 1. The first-order valence-corrected chi connectivity index (χ1v) is 7.78. The Morgan fingerprint density at radius 3 is 2.50 bits per heavy atom. The molecule has 2 unspecified atom stereocenters. The van der Waals surface area contributed by atoms with Crippen LogP contribution in [0, 0.1) is 5.82 Å². The Morgan fingerprint density at radius 1 is 1.25 bits per heavy atom. The van der Waals surface area contributed by atoms with Gasteiger partial charge in [-0.15, -0.1) is 0 Å². The molecule has 0 aliphatic carbocycles. The van der Waals surface area contributed by atoms with Gasteiger partial charge in [-0.1, -0.05) is 19.1 Å². The number of halogens is 1. The van der Waals surface area contributed by atoms with Gasteiger partial charge >= 0.3 is 0 Å². The predicted molar refractivity (Wildman–Crippen MR) is 83.2 cm³/mol. The summed E-state index contributed by atoms with van der Waals surface area (Å²) < 4.78 is 13.0. The van der Waals surface area contributed by atoms with Crippen LogP contribution in [-0.4, -0.2) is 18.0 Å². The third-order valence-corrected chi connectivity index (χ3v) is 4.28. The highest BCUT2D eigenvalue weighted by Crippen LogP contribution is 2.27. The molecule has 0 saturated carbocycles. The van der Waals surface area contributed by atoms with Gasteiger partial charge in [0.25, 0.3) is 0 Å². The van der Waals surface area contributed by atoms with Gasteiger partial charge in [-0.25, -0.2) is 4.39 Å². The molecule has 2 nitrogen and oxygen atoms in total. The van der Waals surface area contributed by atoms with E-state index in [9.17, 15) is 4.39 Å². The van der Waals surface area contributed by atoms with Crippen molar-refractivity contribution in [3.8, 4) is 0 Å². The van der Waals surface area contributed by atoms with E-state index in [1.807, 2.05) is 12.1 Å². The van der Waals surface area contributed by atoms with Gasteiger partial charge in [-0.2, -0.15) is 11.3 Å². The standard InChI is InChI=1S/C16H21FN2S/c1-3-15(18)16(13-8-9-20-11-13)19(2)10-12-4-6-14(17)7-5-12/h4-9,11,15-16H,3,10,18H2,1-2H3. The topological polar surface area (TPSA) is 29.3 Å². The third kappa shape index (κ3) is 3.66. The van der Waals surface area contributed by atoms with Crippen molar-refractivity contribution < 1.29 is 4.39 Å². The Bertz CT molecular complexity index is 510. The van der Waals surface area contributed by atoms with Crippen molar-refractivity contribution in [3.63, 3.8) is 0 Å². The SMILES string of the molecule is CCC(N)C(c1ccsc1)N(C)Cc1ccc(F)cc1. The first-order valence-electron chi connectivity index (χ1n) is 6.84. The van der Waals surface area contributed by atoms with E-state index < -0.39 is 0 Å². The van der Waals surface area contributed by atoms with Crippen LogP contribution in [0.3, 0.4) is 0 Å². The molecule has 0 aliphatic heterocycles. The summed E-state index contributed by atoms with van der Waals surface area (Å²) >= 11 is 1.69. The van der Waals surface area contributed by atoms with Crippen LogP contribution in [0.15, 0.2) is 41.1 Å². The third-order valence-electron chi connectivity index (χ3n) is 3.58. The van der Waals surface area contributed by atoms with Crippen LogP contribution < -0.4 is 5.73 Å². The van der Waals surface area contributed by atoms with Crippen LogP contribution in [0.5, 0.6) is 0 Å². The minimum Gasteiger partial charge on any atom is -0.326 e. The molecular weight excluding hydrogens is 271 g/mol. The van der Waals surface area contributed by atoms with Crippen molar-refractivity contribution in [2.75, 3.05) is 7.05 Å². The zero-order valence-electron chi connectivity index (χ0n) is 11.9. The van der Waals surface area contributed by atoms with Crippen LogP contribution in [0.25, 0.3) is 0 Å². The Balaban J connectivity index is 2.14. The van der Waals surface area contributed by atoms with Crippen molar-refractivity contribution in [1.29, 1.82) is 0 Å². The van der Waals surface area contributed by atoms with Gasteiger partial charge in [-0.3, -0.25) is 4.90 Å². The Kier molecular flexibility index (Phi) is 5.29. The van der Waals surface area contributed by atoms with Gasteiger partial charge < -0.3 is 5.73 Å². The molecule has 2 N–H and O–H groups in total. The molecule has 2 rings (SSSR count). The lowest BCUT2D eigenvalue weighted by molar-refractivity contribution is 0.202. The normalized spacial score (nSPS) is 14.4. The summed E-state index contributed by atoms with van der Waals surface area (Å²) in [6.07, 6.45) is 0.925. The molecule has 20 heavy (non-hydrogen) atoms. The fourth-order valence-electron chi connectivity index (χ4n) is 2.47. The van der Waals surface area contributed by atoms with Crippen molar-refractivity contribution in [2.24, 2.45) is 5.73 Å². The predicted octanol–water partition coefficient (Wildman–Crippen LogP) is 3.80. The molecule has 2 aromatic rings. The average molecular weight is 292 g/mol. The van der Waals surface area contributed by atoms with E-state index >= 15 is 0 Å². The van der Waals surface area contributed by atoms with E-state index in [-0.39, 0.29) is 17.9 Å².